The van der Waals surface area contributed by atoms with E-state index < -0.39 is 22.5 Å². The Balaban J connectivity index is 2.17. The number of benzene rings is 1. The zero-order valence-electron chi connectivity index (χ0n) is 14.2. The number of hydrogen-bond acceptors (Lipinski definition) is 8. The van der Waals surface area contributed by atoms with E-state index in [9.17, 15) is 13.2 Å². The third-order valence-electron chi connectivity index (χ3n) is 3.03. The lowest BCUT2D eigenvalue weighted by Gasteiger charge is -2.22. The molecule has 1 amide bonds. The van der Waals surface area contributed by atoms with Crippen molar-refractivity contribution in [3.63, 3.8) is 0 Å². The number of ether oxygens (including phenoxy) is 1. The smallest absolute Gasteiger partial charge is 0.246 e. The second-order valence-corrected chi connectivity index (χ2v) is 9.75. The van der Waals surface area contributed by atoms with Crippen molar-refractivity contribution in [2.24, 2.45) is 0 Å². The molecule has 1 aromatic carbocycles. The Kier molecular flexibility index (Phi) is 7.09. The van der Waals surface area contributed by atoms with Crippen LogP contribution in [-0.2, 0) is 14.8 Å². The lowest BCUT2D eigenvalue weighted by atomic mass is 10.3. The number of nitrogens with zero attached hydrogens (tertiary/aromatic N) is 3. The molecule has 26 heavy (non-hydrogen) atoms. The van der Waals surface area contributed by atoms with Gasteiger partial charge in [0.1, 0.15) is 12.3 Å². The molecule has 1 heterocycles. The third kappa shape index (κ3) is 5.47. The molecule has 142 valence electrons. The molecule has 12 heteroatoms. The van der Waals surface area contributed by atoms with E-state index in [-0.39, 0.29) is 10.7 Å². The number of carbonyl (C=O) groups excluding carboxylic acids is 1. The van der Waals surface area contributed by atoms with Crippen LogP contribution in [0.4, 0.5) is 10.8 Å². The lowest BCUT2D eigenvalue weighted by Crippen LogP contribution is -2.37. The van der Waals surface area contributed by atoms with Crippen LogP contribution in [0, 0.1) is 0 Å². The van der Waals surface area contributed by atoms with Crippen LogP contribution >= 0.6 is 34.7 Å². The van der Waals surface area contributed by atoms with E-state index in [4.69, 9.17) is 16.3 Å². The predicted molar refractivity (Wildman–Crippen MR) is 105 cm³/mol. The number of methoxy groups -OCH3 is 1. The molecule has 0 saturated carbocycles. The number of nitrogens with one attached hydrogen (secondary N) is 1. The van der Waals surface area contributed by atoms with Crippen LogP contribution in [0.2, 0.25) is 5.02 Å². The molecule has 2 rings (SSSR count). The summed E-state index contributed by atoms with van der Waals surface area (Å²) in [6.45, 7) is 1.56. The topological polar surface area (TPSA) is 101 Å². The minimum atomic E-state index is -3.71. The summed E-state index contributed by atoms with van der Waals surface area (Å²) >= 11 is 8.79. The maximum atomic E-state index is 12.3. The Hall–Kier alpha value is -1.56. The maximum absolute atomic E-state index is 12.3. The molecular formula is C14H17ClN4O4S3. The molecule has 0 fully saturated rings. The van der Waals surface area contributed by atoms with Crippen molar-refractivity contribution in [1.82, 2.24) is 10.2 Å². The van der Waals surface area contributed by atoms with Gasteiger partial charge in [0, 0.05) is 0 Å². The number of hydrogen-bond donors (Lipinski definition) is 1. The molecule has 1 aromatic heterocycles. The van der Waals surface area contributed by atoms with E-state index in [1.165, 1.54) is 48.4 Å². The van der Waals surface area contributed by atoms with E-state index in [1.54, 1.807) is 0 Å². The summed E-state index contributed by atoms with van der Waals surface area (Å²) < 4.78 is 31.0. The first-order chi connectivity index (χ1) is 12.2. The Morgan fingerprint density at radius 1 is 1.42 bits per heavy atom. The second-order valence-electron chi connectivity index (χ2n) is 4.94. The molecule has 8 nitrogen and oxygen atoms in total. The van der Waals surface area contributed by atoms with Crippen molar-refractivity contribution < 1.29 is 17.9 Å². The predicted octanol–water partition coefficient (Wildman–Crippen LogP) is 2.72. The quantitative estimate of drug-likeness (QED) is 0.501. The van der Waals surface area contributed by atoms with E-state index in [0.29, 0.717) is 10.9 Å². The first kappa shape index (κ1) is 20.7. The van der Waals surface area contributed by atoms with Crippen LogP contribution in [0.25, 0.3) is 0 Å². The van der Waals surface area contributed by atoms with E-state index in [1.807, 2.05) is 6.92 Å². The van der Waals surface area contributed by atoms with Crippen molar-refractivity contribution in [1.29, 1.82) is 0 Å². The number of sulfonamides is 1. The van der Waals surface area contributed by atoms with Gasteiger partial charge in [-0.25, -0.2) is 8.42 Å². The highest BCUT2D eigenvalue weighted by atomic mass is 35.5. The molecule has 1 N–H and O–H groups in total. The fourth-order valence-corrected chi connectivity index (χ4v) is 4.71. The Morgan fingerprint density at radius 2 is 2.15 bits per heavy atom. The minimum Gasteiger partial charge on any atom is -0.495 e. The van der Waals surface area contributed by atoms with Gasteiger partial charge in [0.15, 0.2) is 4.34 Å². The van der Waals surface area contributed by atoms with Gasteiger partial charge in [0.05, 0.1) is 24.1 Å². The molecule has 0 spiro atoms. The fraction of sp³-hybridized carbons (Fsp3) is 0.357. The summed E-state index contributed by atoms with van der Waals surface area (Å²) in [4.78, 5) is 12.3. The van der Waals surface area contributed by atoms with Gasteiger partial charge in [-0.2, -0.15) is 0 Å². The molecule has 0 aliphatic carbocycles. The number of halogens is 1. The van der Waals surface area contributed by atoms with Gasteiger partial charge < -0.3 is 4.74 Å². The highest BCUT2D eigenvalue weighted by Crippen LogP contribution is 2.30. The Morgan fingerprint density at radius 3 is 2.73 bits per heavy atom. The van der Waals surface area contributed by atoms with Gasteiger partial charge in [-0.15, -0.1) is 10.2 Å². The fourth-order valence-electron chi connectivity index (χ4n) is 1.94. The van der Waals surface area contributed by atoms with Crippen molar-refractivity contribution in [2.45, 2.75) is 11.3 Å². The average molecular weight is 437 g/mol. The lowest BCUT2D eigenvalue weighted by molar-refractivity contribution is -0.114. The zero-order chi connectivity index (χ0) is 19.3. The molecular weight excluding hydrogens is 420 g/mol. The summed E-state index contributed by atoms with van der Waals surface area (Å²) in [6.07, 6.45) is 1.01. The molecule has 0 aliphatic heterocycles. The highest BCUT2D eigenvalue weighted by Gasteiger charge is 2.22. The maximum Gasteiger partial charge on any atom is 0.246 e. The second kappa shape index (κ2) is 8.89. The number of amides is 1. The van der Waals surface area contributed by atoms with Crippen LogP contribution in [0.5, 0.6) is 5.75 Å². The van der Waals surface area contributed by atoms with E-state index >= 15 is 0 Å². The number of anilines is 2. The zero-order valence-corrected chi connectivity index (χ0v) is 17.4. The molecule has 2 aromatic rings. The molecule has 0 unspecified atom stereocenters. The van der Waals surface area contributed by atoms with Gasteiger partial charge in [0.25, 0.3) is 0 Å². The van der Waals surface area contributed by atoms with E-state index in [2.05, 4.69) is 15.5 Å². The molecule has 0 radical (unpaired) electrons. The largest absolute Gasteiger partial charge is 0.495 e. The number of thioether (sulfide) groups is 1. The standard InChI is InChI=1S/C14H17ClN4O4S3/c1-4-24-14-18-17-13(25-14)16-12(20)8-19(26(3,21)22)9-5-6-11(23-2)10(15)7-9/h5-7H,4,8H2,1-3H3,(H,16,17,20). The summed E-state index contributed by atoms with van der Waals surface area (Å²) in [5, 5.41) is 10.9. The molecule has 0 saturated heterocycles. The number of aromatic nitrogens is 2. The first-order valence-corrected chi connectivity index (χ1v) is 11.3. The van der Waals surface area contributed by atoms with Crippen molar-refractivity contribution in [3.8, 4) is 5.75 Å². The summed E-state index contributed by atoms with van der Waals surface area (Å²) in [6, 6.07) is 4.47. The van der Waals surface area contributed by atoms with Gasteiger partial charge in [0.2, 0.25) is 21.1 Å². The van der Waals surface area contributed by atoms with Gasteiger partial charge in [-0.3, -0.25) is 14.4 Å². The minimum absolute atomic E-state index is 0.240. The van der Waals surface area contributed by atoms with Crippen molar-refractivity contribution >= 4 is 61.4 Å². The van der Waals surface area contributed by atoms with Crippen LogP contribution in [0.15, 0.2) is 22.5 Å². The van der Waals surface area contributed by atoms with Crippen molar-refractivity contribution in [2.75, 3.05) is 35.3 Å². The molecule has 0 bridgehead atoms. The SMILES string of the molecule is CCSc1nnc(NC(=O)CN(c2ccc(OC)c(Cl)c2)S(C)(=O)=O)s1. The normalized spacial score (nSPS) is 11.2. The van der Waals surface area contributed by atoms with Crippen LogP contribution in [0.1, 0.15) is 6.92 Å². The van der Waals surface area contributed by atoms with Crippen LogP contribution in [0.3, 0.4) is 0 Å². The first-order valence-electron chi connectivity index (χ1n) is 7.32. The third-order valence-corrected chi connectivity index (χ3v) is 6.32. The highest BCUT2D eigenvalue weighted by molar-refractivity contribution is 8.01. The van der Waals surface area contributed by atoms with Crippen LogP contribution in [-0.4, -0.2) is 50.2 Å². The van der Waals surface area contributed by atoms with Gasteiger partial charge >= 0.3 is 0 Å². The summed E-state index contributed by atoms with van der Waals surface area (Å²) in [5.41, 5.74) is 0.257. The van der Waals surface area contributed by atoms with Gasteiger partial charge in [-0.05, 0) is 24.0 Å². The van der Waals surface area contributed by atoms with Crippen LogP contribution < -0.4 is 14.4 Å². The number of carbonyl (C=O) groups is 1. The average Bonchev–Trinajstić information content (AvgIpc) is 2.99. The Bertz CT molecular complexity index is 888. The molecule has 0 atom stereocenters. The summed E-state index contributed by atoms with van der Waals surface area (Å²) in [5.74, 6) is 0.706. The van der Waals surface area contributed by atoms with Crippen molar-refractivity contribution in [3.05, 3.63) is 23.2 Å². The molecule has 0 aliphatic rings. The van der Waals surface area contributed by atoms with Gasteiger partial charge in [-0.1, -0.05) is 41.6 Å². The van der Waals surface area contributed by atoms with E-state index in [0.717, 1.165) is 20.7 Å². The Labute approximate surface area is 164 Å². The number of rotatable bonds is 8. The summed E-state index contributed by atoms with van der Waals surface area (Å²) in [7, 11) is -2.25. The monoisotopic (exact) mass is 436 g/mol.